The fourth-order valence-electron chi connectivity index (χ4n) is 1.40. The van der Waals surface area contributed by atoms with E-state index in [2.05, 4.69) is 15.6 Å². The fourth-order valence-corrected chi connectivity index (χ4v) is 1.57. The lowest BCUT2D eigenvalue weighted by atomic mass is 10.2. The van der Waals surface area contributed by atoms with E-state index >= 15 is 0 Å². The van der Waals surface area contributed by atoms with Gasteiger partial charge in [0.2, 0.25) is 0 Å². The molecule has 7 heteroatoms. The van der Waals surface area contributed by atoms with Crippen molar-refractivity contribution >= 4 is 29.2 Å². The average molecular weight is 301 g/mol. The monoisotopic (exact) mass is 300 g/mol. The molecule has 0 atom stereocenters. The number of carbonyl (C=O) groups is 1. The third kappa shape index (κ3) is 6.47. The van der Waals surface area contributed by atoms with E-state index in [1.807, 2.05) is 20.8 Å². The highest BCUT2D eigenvalue weighted by atomic mass is 35.5. The third-order valence-corrected chi connectivity index (χ3v) is 2.40. The van der Waals surface area contributed by atoms with Crippen molar-refractivity contribution in [3.05, 3.63) is 17.3 Å². The maximum atomic E-state index is 11.4. The van der Waals surface area contributed by atoms with Crippen LogP contribution in [0.4, 0.5) is 16.3 Å². The summed E-state index contributed by atoms with van der Waals surface area (Å²) in [6, 6.07) is 1.63. The number of pyridine rings is 1. The number of carbonyl (C=O) groups excluding carboxylic acids is 1. The molecule has 0 fully saturated rings. The van der Waals surface area contributed by atoms with Crippen LogP contribution in [0.1, 0.15) is 27.2 Å². The summed E-state index contributed by atoms with van der Waals surface area (Å²) in [5.41, 5.74) is 5.77. The second-order valence-electron chi connectivity index (χ2n) is 5.30. The van der Waals surface area contributed by atoms with Gasteiger partial charge in [0.05, 0.1) is 10.7 Å². The lowest BCUT2D eigenvalue weighted by molar-refractivity contribution is 0.0528. The average Bonchev–Trinajstić information content (AvgIpc) is 2.28. The number of hydrogen-bond donors (Lipinski definition) is 3. The zero-order chi connectivity index (χ0) is 15.2. The maximum absolute atomic E-state index is 11.4. The Morgan fingerprint density at radius 3 is 2.75 bits per heavy atom. The van der Waals surface area contributed by atoms with Crippen molar-refractivity contribution in [1.82, 2.24) is 10.3 Å². The molecule has 0 saturated heterocycles. The number of nitrogens with zero attached hydrogens (tertiary/aromatic N) is 1. The smallest absolute Gasteiger partial charge is 0.407 e. The SMILES string of the molecule is CC(C)(C)OC(=O)NCCCNc1ncc(Cl)cc1N. The highest BCUT2D eigenvalue weighted by molar-refractivity contribution is 6.30. The Kier molecular flexibility index (Phi) is 5.88. The van der Waals surface area contributed by atoms with E-state index in [4.69, 9.17) is 22.1 Å². The Bertz CT molecular complexity index is 460. The van der Waals surface area contributed by atoms with Crippen LogP contribution in [0.5, 0.6) is 0 Å². The molecule has 6 nitrogen and oxygen atoms in total. The van der Waals surface area contributed by atoms with Gasteiger partial charge in [-0.05, 0) is 33.3 Å². The van der Waals surface area contributed by atoms with E-state index < -0.39 is 11.7 Å². The van der Waals surface area contributed by atoms with Gasteiger partial charge < -0.3 is 21.1 Å². The van der Waals surface area contributed by atoms with Gasteiger partial charge >= 0.3 is 6.09 Å². The quantitative estimate of drug-likeness (QED) is 0.727. The zero-order valence-electron chi connectivity index (χ0n) is 12.0. The summed E-state index contributed by atoms with van der Waals surface area (Å²) in [6.07, 6.45) is 1.84. The van der Waals surface area contributed by atoms with Gasteiger partial charge in [-0.15, -0.1) is 0 Å². The van der Waals surface area contributed by atoms with E-state index in [0.29, 0.717) is 29.6 Å². The molecule has 1 aromatic rings. The number of halogens is 1. The number of nitrogen functional groups attached to an aromatic ring is 1. The van der Waals surface area contributed by atoms with Gasteiger partial charge in [-0.3, -0.25) is 0 Å². The molecule has 1 aromatic heterocycles. The molecule has 0 radical (unpaired) electrons. The van der Waals surface area contributed by atoms with E-state index in [1.165, 1.54) is 6.20 Å². The summed E-state index contributed by atoms with van der Waals surface area (Å²) >= 11 is 5.76. The molecule has 0 aromatic carbocycles. The number of alkyl carbamates (subject to hydrolysis) is 1. The van der Waals surface area contributed by atoms with Gasteiger partial charge in [0.15, 0.2) is 0 Å². The maximum Gasteiger partial charge on any atom is 0.407 e. The topological polar surface area (TPSA) is 89.3 Å². The molecule has 112 valence electrons. The van der Waals surface area contributed by atoms with E-state index in [9.17, 15) is 4.79 Å². The minimum atomic E-state index is -0.482. The standard InChI is InChI=1S/C13H21ClN4O2/c1-13(2,3)20-12(19)17-6-4-5-16-11-10(15)7-9(14)8-18-11/h7-8H,4-6,15H2,1-3H3,(H,16,18)(H,17,19). The van der Waals surface area contributed by atoms with Gasteiger partial charge in [0, 0.05) is 19.3 Å². The molecule has 0 aliphatic rings. The number of hydrogen-bond acceptors (Lipinski definition) is 5. The van der Waals surface area contributed by atoms with Crippen LogP contribution in [0.25, 0.3) is 0 Å². The second-order valence-corrected chi connectivity index (χ2v) is 5.74. The Morgan fingerprint density at radius 1 is 1.45 bits per heavy atom. The van der Waals surface area contributed by atoms with Crippen LogP contribution in [-0.2, 0) is 4.74 Å². The van der Waals surface area contributed by atoms with Crippen molar-refractivity contribution in [2.24, 2.45) is 0 Å². The number of aromatic nitrogens is 1. The van der Waals surface area contributed by atoms with E-state index in [0.717, 1.165) is 6.42 Å². The molecular weight excluding hydrogens is 280 g/mol. The predicted octanol–water partition coefficient (Wildman–Crippen LogP) is 2.64. The minimum absolute atomic E-state index is 0.415. The summed E-state index contributed by atoms with van der Waals surface area (Å²) in [4.78, 5) is 15.5. The van der Waals surface area contributed by atoms with Crippen LogP contribution in [0.3, 0.4) is 0 Å². The van der Waals surface area contributed by atoms with Crippen molar-refractivity contribution in [3.63, 3.8) is 0 Å². The number of amides is 1. The Hall–Kier alpha value is -1.69. The number of nitrogens with two attached hydrogens (primary N) is 1. The Balaban J connectivity index is 2.21. The van der Waals surface area contributed by atoms with Gasteiger partial charge in [-0.25, -0.2) is 9.78 Å². The van der Waals surface area contributed by atoms with E-state index in [-0.39, 0.29) is 0 Å². The van der Waals surface area contributed by atoms with Crippen LogP contribution in [0, 0.1) is 0 Å². The van der Waals surface area contributed by atoms with Crippen LogP contribution in [-0.4, -0.2) is 29.8 Å². The molecule has 20 heavy (non-hydrogen) atoms. The second kappa shape index (κ2) is 7.19. The van der Waals surface area contributed by atoms with Crippen LogP contribution >= 0.6 is 11.6 Å². The van der Waals surface area contributed by atoms with Crippen LogP contribution in [0.15, 0.2) is 12.3 Å². The van der Waals surface area contributed by atoms with Crippen LogP contribution in [0.2, 0.25) is 5.02 Å². The highest BCUT2D eigenvalue weighted by Crippen LogP contribution is 2.18. The zero-order valence-corrected chi connectivity index (χ0v) is 12.8. The van der Waals surface area contributed by atoms with Crippen molar-refractivity contribution in [2.75, 3.05) is 24.1 Å². The largest absolute Gasteiger partial charge is 0.444 e. The molecule has 0 spiro atoms. The van der Waals surface area contributed by atoms with Gasteiger partial charge in [-0.2, -0.15) is 0 Å². The molecule has 0 aliphatic carbocycles. The molecule has 0 aliphatic heterocycles. The lowest BCUT2D eigenvalue weighted by Crippen LogP contribution is -2.33. The fraction of sp³-hybridized carbons (Fsp3) is 0.538. The summed E-state index contributed by atoms with van der Waals surface area (Å²) in [6.45, 7) is 6.61. The normalized spacial score (nSPS) is 11.0. The van der Waals surface area contributed by atoms with Crippen LogP contribution < -0.4 is 16.4 Å². The Morgan fingerprint density at radius 2 is 2.15 bits per heavy atom. The number of nitrogens with one attached hydrogen (secondary N) is 2. The van der Waals surface area contributed by atoms with E-state index in [1.54, 1.807) is 6.07 Å². The van der Waals surface area contributed by atoms with Crippen molar-refractivity contribution in [3.8, 4) is 0 Å². The number of ether oxygens (including phenoxy) is 1. The molecule has 1 amide bonds. The first-order valence-corrected chi connectivity index (χ1v) is 6.77. The highest BCUT2D eigenvalue weighted by Gasteiger charge is 2.15. The predicted molar refractivity (Wildman–Crippen MR) is 81.0 cm³/mol. The first kappa shape index (κ1) is 16.4. The molecule has 0 unspecified atom stereocenters. The summed E-state index contributed by atoms with van der Waals surface area (Å²) < 4.78 is 5.12. The van der Waals surface area contributed by atoms with Gasteiger partial charge in [0.1, 0.15) is 11.4 Å². The summed E-state index contributed by atoms with van der Waals surface area (Å²) in [7, 11) is 0. The van der Waals surface area contributed by atoms with Crippen molar-refractivity contribution < 1.29 is 9.53 Å². The first-order valence-electron chi connectivity index (χ1n) is 6.39. The third-order valence-electron chi connectivity index (χ3n) is 2.20. The number of anilines is 2. The summed E-state index contributed by atoms with van der Waals surface area (Å²) in [5.74, 6) is 0.590. The summed E-state index contributed by atoms with van der Waals surface area (Å²) in [5, 5.41) is 6.25. The molecule has 4 N–H and O–H groups in total. The molecule has 0 bridgehead atoms. The van der Waals surface area contributed by atoms with Crippen molar-refractivity contribution in [2.45, 2.75) is 32.8 Å². The Labute approximate surface area is 124 Å². The molecule has 1 heterocycles. The number of rotatable bonds is 5. The molecule has 1 rings (SSSR count). The molecular formula is C13H21ClN4O2. The molecule has 0 saturated carbocycles. The van der Waals surface area contributed by atoms with Gasteiger partial charge in [-0.1, -0.05) is 11.6 Å². The first-order chi connectivity index (χ1) is 9.28. The van der Waals surface area contributed by atoms with Crippen molar-refractivity contribution in [1.29, 1.82) is 0 Å². The minimum Gasteiger partial charge on any atom is -0.444 e. The van der Waals surface area contributed by atoms with Gasteiger partial charge in [0.25, 0.3) is 0 Å². The lowest BCUT2D eigenvalue weighted by Gasteiger charge is -2.19.